The van der Waals surface area contributed by atoms with Crippen LogP contribution in [0.15, 0.2) is 0 Å². The topological polar surface area (TPSA) is 47.6 Å². The van der Waals surface area contributed by atoms with Gasteiger partial charge in [-0.1, -0.05) is 25.8 Å². The fraction of sp³-hybridized carbons (Fsp3) is 0.857. The van der Waals surface area contributed by atoms with Gasteiger partial charge in [0.25, 0.3) is 0 Å². The molecule has 0 aliphatic rings. The Kier molecular flexibility index (Phi) is 7.23. The zero-order valence-electron chi connectivity index (χ0n) is 7.62. The third-order valence-corrected chi connectivity index (χ3v) is 1.80. The number of hydroxylamine groups is 1. The Hall–Kier alpha value is -0.260. The molecule has 1 unspecified atom stereocenters. The highest BCUT2D eigenvalue weighted by atomic mass is 32.2. The number of hydrogen-bond donors (Lipinski definition) is 1. The molecule has 0 heterocycles. The molecule has 0 rings (SSSR count). The summed E-state index contributed by atoms with van der Waals surface area (Å²) < 4.78 is 4.53. The molecule has 0 aromatic heterocycles. The van der Waals surface area contributed by atoms with Gasteiger partial charge in [0.1, 0.15) is 0 Å². The number of amides is 1. The van der Waals surface area contributed by atoms with Gasteiger partial charge in [0, 0.05) is 23.7 Å². The summed E-state index contributed by atoms with van der Waals surface area (Å²) in [7, 11) is 0. The quantitative estimate of drug-likeness (QED) is 0.302. The molecular weight excluding hydrogens is 178 g/mol. The molecular formula is C7H15NO3S. The Labute approximate surface area is 77.1 Å². The largest absolute Gasteiger partial charge is 0.272 e. The molecule has 12 heavy (non-hydrogen) atoms. The zero-order valence-corrected chi connectivity index (χ0v) is 8.44. The smallest absolute Gasteiger partial charge is 0.248 e. The average Bonchev–Trinajstić information content (AvgIpc) is 2.10. The summed E-state index contributed by atoms with van der Waals surface area (Å²) in [5.74, 6) is 0.577. The summed E-state index contributed by atoms with van der Waals surface area (Å²) in [6.07, 6.45) is 0.788. The van der Waals surface area contributed by atoms with E-state index in [9.17, 15) is 4.79 Å². The normalized spacial score (nSPS) is 12.6. The van der Waals surface area contributed by atoms with E-state index in [2.05, 4.69) is 14.8 Å². The summed E-state index contributed by atoms with van der Waals surface area (Å²) >= 11 is 1.13. The summed E-state index contributed by atoms with van der Waals surface area (Å²) in [5.41, 5.74) is 2.19. The van der Waals surface area contributed by atoms with E-state index in [-0.39, 0.29) is 11.8 Å². The van der Waals surface area contributed by atoms with Crippen LogP contribution in [0.2, 0.25) is 0 Å². The molecule has 0 spiro atoms. The van der Waals surface area contributed by atoms with Crippen LogP contribution in [0.1, 0.15) is 27.2 Å². The predicted octanol–water partition coefficient (Wildman–Crippen LogP) is 1.68. The number of hydrogen-bond acceptors (Lipinski definition) is 4. The van der Waals surface area contributed by atoms with Crippen LogP contribution in [0.4, 0.5) is 0 Å². The van der Waals surface area contributed by atoms with Gasteiger partial charge in [-0.2, -0.15) is 0 Å². The first-order valence-corrected chi connectivity index (χ1v) is 4.88. The van der Waals surface area contributed by atoms with E-state index in [4.69, 9.17) is 0 Å². The molecule has 5 heteroatoms. The van der Waals surface area contributed by atoms with Crippen LogP contribution in [0, 0.1) is 5.92 Å². The maximum absolute atomic E-state index is 11.0. The third kappa shape index (κ3) is 5.40. The van der Waals surface area contributed by atoms with Gasteiger partial charge in [-0.15, -0.1) is 4.33 Å². The molecule has 1 N–H and O–H groups in total. The van der Waals surface area contributed by atoms with Crippen molar-refractivity contribution in [1.82, 2.24) is 5.48 Å². The molecule has 0 bridgehead atoms. The lowest BCUT2D eigenvalue weighted by Crippen LogP contribution is -2.28. The summed E-state index contributed by atoms with van der Waals surface area (Å²) in [5, 5.41) is 0. The van der Waals surface area contributed by atoms with Crippen molar-refractivity contribution in [2.45, 2.75) is 27.2 Å². The van der Waals surface area contributed by atoms with Crippen molar-refractivity contribution in [1.29, 1.82) is 0 Å². The van der Waals surface area contributed by atoms with Crippen molar-refractivity contribution in [3.63, 3.8) is 0 Å². The average molecular weight is 193 g/mol. The molecule has 0 aromatic rings. The molecule has 0 saturated carbocycles. The SMILES string of the molecule is CCSOONC(=O)C(C)CC. The van der Waals surface area contributed by atoms with Gasteiger partial charge in [-0.3, -0.25) is 4.79 Å². The molecule has 0 aliphatic carbocycles. The molecule has 72 valence electrons. The van der Waals surface area contributed by atoms with Crippen molar-refractivity contribution in [3.05, 3.63) is 0 Å². The van der Waals surface area contributed by atoms with E-state index < -0.39 is 0 Å². The second-order valence-corrected chi connectivity index (χ2v) is 3.28. The van der Waals surface area contributed by atoms with Gasteiger partial charge in [0.15, 0.2) is 0 Å². The number of carbonyl (C=O) groups excluding carboxylic acids is 1. The lowest BCUT2D eigenvalue weighted by Gasteiger charge is -2.07. The lowest BCUT2D eigenvalue weighted by molar-refractivity contribution is -0.242. The third-order valence-electron chi connectivity index (χ3n) is 1.40. The summed E-state index contributed by atoms with van der Waals surface area (Å²) in [6, 6.07) is 0. The fourth-order valence-corrected chi connectivity index (χ4v) is 0.595. The highest BCUT2D eigenvalue weighted by Gasteiger charge is 2.09. The van der Waals surface area contributed by atoms with Crippen LogP contribution in [-0.4, -0.2) is 11.7 Å². The standard InChI is InChI=1S/C7H15NO3S/c1-4-6(3)7(9)8-10-11-12-5-2/h6H,4-5H2,1-3H3,(H,8,9). The monoisotopic (exact) mass is 193 g/mol. The van der Waals surface area contributed by atoms with Gasteiger partial charge in [-0.25, -0.2) is 5.48 Å². The van der Waals surface area contributed by atoms with E-state index in [1.807, 2.05) is 20.8 Å². The Balaban J connectivity index is 3.31. The van der Waals surface area contributed by atoms with Crippen molar-refractivity contribution in [3.8, 4) is 0 Å². The van der Waals surface area contributed by atoms with Gasteiger partial charge in [-0.05, 0) is 6.42 Å². The minimum Gasteiger partial charge on any atom is -0.272 e. The van der Waals surface area contributed by atoms with Gasteiger partial charge in [0.05, 0.1) is 0 Å². The van der Waals surface area contributed by atoms with Gasteiger partial charge in [0.2, 0.25) is 5.91 Å². The molecule has 0 aliphatic heterocycles. The second kappa shape index (κ2) is 7.39. The zero-order chi connectivity index (χ0) is 9.40. The molecule has 4 nitrogen and oxygen atoms in total. The predicted molar refractivity (Wildman–Crippen MR) is 47.9 cm³/mol. The Morgan fingerprint density at radius 1 is 1.58 bits per heavy atom. The van der Waals surface area contributed by atoms with Crippen molar-refractivity contribution in [2.24, 2.45) is 5.92 Å². The molecule has 1 atom stereocenters. The van der Waals surface area contributed by atoms with Crippen molar-refractivity contribution < 1.29 is 14.1 Å². The van der Waals surface area contributed by atoms with E-state index in [0.717, 1.165) is 24.2 Å². The van der Waals surface area contributed by atoms with Crippen LogP contribution < -0.4 is 5.48 Å². The second-order valence-electron chi connectivity index (χ2n) is 2.33. The Bertz CT molecular complexity index is 132. The molecule has 0 radical (unpaired) electrons. The molecule has 1 amide bonds. The number of carbonyl (C=O) groups is 1. The first-order chi connectivity index (χ1) is 5.72. The maximum atomic E-state index is 11.0. The van der Waals surface area contributed by atoms with E-state index in [1.165, 1.54) is 0 Å². The van der Waals surface area contributed by atoms with Crippen LogP contribution in [0.25, 0.3) is 0 Å². The number of rotatable bonds is 6. The summed E-state index contributed by atoms with van der Waals surface area (Å²) in [6.45, 7) is 5.68. The summed E-state index contributed by atoms with van der Waals surface area (Å²) in [4.78, 5) is 15.4. The number of nitrogens with one attached hydrogen (secondary N) is 1. The van der Waals surface area contributed by atoms with Crippen molar-refractivity contribution >= 4 is 17.9 Å². The van der Waals surface area contributed by atoms with Gasteiger partial charge < -0.3 is 0 Å². The fourth-order valence-electron chi connectivity index (χ4n) is 0.416. The van der Waals surface area contributed by atoms with E-state index in [0.29, 0.717) is 0 Å². The van der Waals surface area contributed by atoms with Crippen LogP contribution in [0.5, 0.6) is 0 Å². The minimum absolute atomic E-state index is 0.0415. The first kappa shape index (κ1) is 11.7. The molecule has 0 saturated heterocycles. The minimum atomic E-state index is -0.158. The van der Waals surface area contributed by atoms with Crippen LogP contribution in [-0.2, 0) is 14.1 Å². The molecule has 0 fully saturated rings. The van der Waals surface area contributed by atoms with Crippen LogP contribution >= 0.6 is 12.0 Å². The van der Waals surface area contributed by atoms with Crippen LogP contribution in [0.3, 0.4) is 0 Å². The molecule has 0 aromatic carbocycles. The lowest BCUT2D eigenvalue weighted by atomic mass is 10.1. The van der Waals surface area contributed by atoms with Crippen molar-refractivity contribution in [2.75, 3.05) is 5.75 Å². The first-order valence-electron chi connectivity index (χ1n) is 3.97. The van der Waals surface area contributed by atoms with E-state index in [1.54, 1.807) is 0 Å². The Morgan fingerprint density at radius 3 is 2.75 bits per heavy atom. The maximum Gasteiger partial charge on any atom is 0.248 e. The van der Waals surface area contributed by atoms with Gasteiger partial charge >= 0.3 is 0 Å². The highest BCUT2D eigenvalue weighted by molar-refractivity contribution is 7.94. The Morgan fingerprint density at radius 2 is 2.25 bits per heavy atom. The van der Waals surface area contributed by atoms with E-state index >= 15 is 0 Å². The highest BCUT2D eigenvalue weighted by Crippen LogP contribution is 2.02.